The van der Waals surface area contributed by atoms with Crippen LogP contribution in [0.1, 0.15) is 5.56 Å². The largest absolute Gasteiger partial charge is 0.394 e. The Morgan fingerprint density at radius 1 is 1.35 bits per heavy atom. The van der Waals surface area contributed by atoms with Crippen LogP contribution in [0.15, 0.2) is 27.9 Å². The molecule has 9 nitrogen and oxygen atoms in total. The lowest BCUT2D eigenvalue weighted by molar-refractivity contribution is -0.145. The number of nitrogens with two attached hydrogens (primary N) is 1. The second-order valence-corrected chi connectivity index (χ2v) is 8.39. The molecule has 138 valence electrons. The molecule has 5 N–H and O–H groups in total. The number of aliphatic hydroxyl groups excluding tert-OH is 3. The number of anilines is 1. The van der Waals surface area contributed by atoms with E-state index in [0.29, 0.717) is 11.2 Å². The van der Waals surface area contributed by atoms with Gasteiger partial charge in [0.15, 0.2) is 17.2 Å². The fourth-order valence-corrected chi connectivity index (χ4v) is 4.52. The SMILES string of the molecule is Nc1ncnc2c1ncn2[C@]1(Cc2csc(Br)c2)O[C@H](CO)[C@@H](O)[C@H]1O. The second-order valence-electron chi connectivity index (χ2n) is 6.10. The first-order valence-electron chi connectivity index (χ1n) is 7.78. The van der Waals surface area contributed by atoms with Crippen LogP contribution in [0.3, 0.4) is 0 Å². The summed E-state index contributed by atoms with van der Waals surface area (Å²) >= 11 is 4.91. The third-order valence-electron chi connectivity index (χ3n) is 4.55. The molecule has 4 heterocycles. The highest BCUT2D eigenvalue weighted by Crippen LogP contribution is 2.41. The Morgan fingerprint density at radius 3 is 2.81 bits per heavy atom. The molecule has 1 aliphatic rings. The van der Waals surface area contributed by atoms with Crippen LogP contribution < -0.4 is 5.73 Å². The molecule has 0 saturated carbocycles. The van der Waals surface area contributed by atoms with Crippen LogP contribution in [0, 0.1) is 0 Å². The normalized spacial score (nSPS) is 28.8. The summed E-state index contributed by atoms with van der Waals surface area (Å²) in [6.07, 6.45) is -0.535. The Balaban J connectivity index is 1.89. The Kier molecular flexibility index (Phi) is 4.45. The second kappa shape index (κ2) is 6.51. The van der Waals surface area contributed by atoms with Gasteiger partial charge in [0.1, 0.15) is 30.2 Å². The van der Waals surface area contributed by atoms with Gasteiger partial charge in [0.2, 0.25) is 0 Å². The van der Waals surface area contributed by atoms with Crippen molar-refractivity contribution in [3.8, 4) is 0 Å². The van der Waals surface area contributed by atoms with E-state index in [1.807, 2.05) is 11.4 Å². The number of imidazole rings is 1. The van der Waals surface area contributed by atoms with Crippen LogP contribution in [0.25, 0.3) is 11.2 Å². The summed E-state index contributed by atoms with van der Waals surface area (Å²) in [5.74, 6) is 0.203. The van der Waals surface area contributed by atoms with Crippen molar-refractivity contribution < 1.29 is 20.1 Å². The number of nitrogen functional groups attached to an aromatic ring is 1. The average molecular weight is 442 g/mol. The van der Waals surface area contributed by atoms with E-state index in [1.165, 1.54) is 24.0 Å². The molecule has 3 aromatic heterocycles. The van der Waals surface area contributed by atoms with Gasteiger partial charge < -0.3 is 25.8 Å². The monoisotopic (exact) mass is 441 g/mol. The van der Waals surface area contributed by atoms with Crippen LogP contribution in [0.4, 0.5) is 5.82 Å². The number of halogens is 1. The highest BCUT2D eigenvalue weighted by molar-refractivity contribution is 9.11. The van der Waals surface area contributed by atoms with Crippen LogP contribution >= 0.6 is 27.3 Å². The number of ether oxygens (including phenoxy) is 1. The van der Waals surface area contributed by atoms with E-state index in [2.05, 4.69) is 30.9 Å². The first-order chi connectivity index (χ1) is 12.5. The van der Waals surface area contributed by atoms with Crippen molar-refractivity contribution in [1.82, 2.24) is 19.5 Å². The zero-order valence-electron chi connectivity index (χ0n) is 13.4. The molecular formula is C15H16BrN5O4S. The average Bonchev–Trinajstić information content (AvgIpc) is 3.29. The summed E-state index contributed by atoms with van der Waals surface area (Å²) in [5.41, 5.74) is 6.09. The van der Waals surface area contributed by atoms with Crippen molar-refractivity contribution in [3.05, 3.63) is 33.5 Å². The summed E-state index contributed by atoms with van der Waals surface area (Å²) in [5, 5.41) is 32.7. The molecule has 0 radical (unpaired) electrons. The van der Waals surface area contributed by atoms with Crippen molar-refractivity contribution in [2.45, 2.75) is 30.5 Å². The molecule has 0 amide bonds. The fraction of sp³-hybridized carbons (Fsp3) is 0.400. The van der Waals surface area contributed by atoms with Crippen molar-refractivity contribution in [3.63, 3.8) is 0 Å². The molecule has 4 atom stereocenters. The van der Waals surface area contributed by atoms with Crippen molar-refractivity contribution in [2.24, 2.45) is 0 Å². The number of thiophene rings is 1. The van der Waals surface area contributed by atoms with Gasteiger partial charge in [-0.2, -0.15) is 0 Å². The first kappa shape index (κ1) is 17.8. The van der Waals surface area contributed by atoms with Crippen LogP contribution in [-0.4, -0.2) is 59.8 Å². The summed E-state index contributed by atoms with van der Waals surface area (Å²) in [6, 6.07) is 1.91. The zero-order valence-corrected chi connectivity index (χ0v) is 15.8. The molecule has 0 aromatic carbocycles. The van der Waals surface area contributed by atoms with E-state index in [-0.39, 0.29) is 12.2 Å². The molecule has 3 aromatic rings. The topological polar surface area (TPSA) is 140 Å². The molecule has 0 aliphatic carbocycles. The fourth-order valence-electron chi connectivity index (χ4n) is 3.31. The van der Waals surface area contributed by atoms with E-state index in [1.54, 1.807) is 4.57 Å². The van der Waals surface area contributed by atoms with Gasteiger partial charge in [-0.05, 0) is 32.9 Å². The highest BCUT2D eigenvalue weighted by Gasteiger charge is 2.56. The standard InChI is InChI=1S/C15H16BrN5O4S/c16-9-1-7(4-26-9)2-15(12(24)11(23)8(3-22)25-15)21-6-20-10-13(17)18-5-19-14(10)21/h1,4-6,8,11-12,22-24H,2-3H2,(H2,17,18,19)/t8-,11-,12-,15-/m1/s1. The van der Waals surface area contributed by atoms with Crippen LogP contribution in [0.2, 0.25) is 0 Å². The number of rotatable bonds is 4. The van der Waals surface area contributed by atoms with Gasteiger partial charge in [-0.3, -0.25) is 4.57 Å². The van der Waals surface area contributed by atoms with Gasteiger partial charge in [0.05, 0.1) is 16.7 Å². The molecule has 4 rings (SSSR count). The van der Waals surface area contributed by atoms with Gasteiger partial charge in [-0.25, -0.2) is 15.0 Å². The lowest BCUT2D eigenvalue weighted by Gasteiger charge is -2.33. The van der Waals surface area contributed by atoms with E-state index >= 15 is 0 Å². The van der Waals surface area contributed by atoms with Crippen molar-refractivity contribution in [1.29, 1.82) is 0 Å². The quantitative estimate of drug-likeness (QED) is 0.451. The number of hydrogen-bond donors (Lipinski definition) is 4. The number of aromatic nitrogens is 4. The Labute approximate surface area is 160 Å². The lowest BCUT2D eigenvalue weighted by atomic mass is 9.96. The number of fused-ring (bicyclic) bond motifs is 1. The van der Waals surface area contributed by atoms with E-state index in [0.717, 1.165) is 9.35 Å². The summed E-state index contributed by atoms with van der Waals surface area (Å²) in [7, 11) is 0. The Bertz CT molecular complexity index is 949. The number of hydrogen-bond acceptors (Lipinski definition) is 9. The molecule has 26 heavy (non-hydrogen) atoms. The number of nitrogens with zero attached hydrogens (tertiary/aromatic N) is 4. The van der Waals surface area contributed by atoms with Gasteiger partial charge in [0, 0.05) is 6.42 Å². The third kappa shape index (κ3) is 2.63. The minimum Gasteiger partial charge on any atom is -0.394 e. The van der Waals surface area contributed by atoms with Gasteiger partial charge >= 0.3 is 0 Å². The minimum absolute atomic E-state index is 0.203. The van der Waals surface area contributed by atoms with Gasteiger partial charge in [-0.15, -0.1) is 11.3 Å². The molecule has 0 unspecified atom stereocenters. The molecular weight excluding hydrogens is 426 g/mol. The maximum atomic E-state index is 10.9. The van der Waals surface area contributed by atoms with Crippen molar-refractivity contribution >= 4 is 44.2 Å². The van der Waals surface area contributed by atoms with E-state index in [9.17, 15) is 15.3 Å². The van der Waals surface area contributed by atoms with Gasteiger partial charge in [0.25, 0.3) is 0 Å². The molecule has 1 fully saturated rings. The maximum Gasteiger partial charge on any atom is 0.180 e. The van der Waals surface area contributed by atoms with Crippen LogP contribution in [0.5, 0.6) is 0 Å². The maximum absolute atomic E-state index is 10.9. The predicted molar refractivity (Wildman–Crippen MR) is 97.4 cm³/mol. The summed E-state index contributed by atoms with van der Waals surface area (Å²) in [4.78, 5) is 12.4. The van der Waals surface area contributed by atoms with Crippen LogP contribution in [-0.2, 0) is 16.9 Å². The van der Waals surface area contributed by atoms with E-state index in [4.69, 9.17) is 10.5 Å². The smallest absolute Gasteiger partial charge is 0.180 e. The van der Waals surface area contributed by atoms with E-state index < -0.39 is 30.6 Å². The predicted octanol–water partition coefficient (Wildman–Crippen LogP) is 0.241. The first-order valence-corrected chi connectivity index (χ1v) is 9.45. The van der Waals surface area contributed by atoms with Gasteiger partial charge in [-0.1, -0.05) is 0 Å². The molecule has 11 heteroatoms. The Hall–Kier alpha value is -1.63. The molecule has 1 saturated heterocycles. The summed E-state index contributed by atoms with van der Waals surface area (Å²) in [6.45, 7) is -0.433. The highest BCUT2D eigenvalue weighted by atomic mass is 79.9. The molecule has 0 bridgehead atoms. The summed E-state index contributed by atoms with van der Waals surface area (Å²) < 4.78 is 8.47. The third-order valence-corrected chi connectivity index (χ3v) is 6.10. The molecule has 0 spiro atoms. The molecule has 1 aliphatic heterocycles. The number of aliphatic hydroxyl groups is 3. The minimum atomic E-state index is -1.40. The zero-order chi connectivity index (χ0) is 18.5. The van der Waals surface area contributed by atoms with Crippen molar-refractivity contribution in [2.75, 3.05) is 12.3 Å². The Morgan fingerprint density at radius 2 is 2.15 bits per heavy atom. The lowest BCUT2D eigenvalue weighted by Crippen LogP contribution is -2.47.